The van der Waals surface area contributed by atoms with E-state index in [1.54, 1.807) is 4.90 Å². The third kappa shape index (κ3) is 4.37. The highest BCUT2D eigenvalue weighted by atomic mass is 35.5. The van der Waals surface area contributed by atoms with Crippen LogP contribution in [0.2, 0.25) is 5.02 Å². The number of hydrogen-bond acceptors (Lipinski definition) is 5. The van der Waals surface area contributed by atoms with Crippen LogP contribution in [0, 0.1) is 0 Å². The van der Waals surface area contributed by atoms with Gasteiger partial charge in [-0.2, -0.15) is 0 Å². The van der Waals surface area contributed by atoms with E-state index in [2.05, 4.69) is 41.7 Å². The number of carbonyl (C=O) groups excluding carboxylic acids is 1. The highest BCUT2D eigenvalue weighted by molar-refractivity contribution is 6.34. The molecule has 3 aromatic rings. The van der Waals surface area contributed by atoms with Crippen LogP contribution >= 0.6 is 11.6 Å². The third-order valence-corrected chi connectivity index (χ3v) is 7.89. The Balaban J connectivity index is 1.47. The molecule has 3 heterocycles. The summed E-state index contributed by atoms with van der Waals surface area (Å²) >= 11 is 6.58. The topological polar surface area (TPSA) is 59.9 Å². The smallest absolute Gasteiger partial charge is 0.227 e. The maximum absolute atomic E-state index is 12.1. The van der Waals surface area contributed by atoms with Crippen LogP contribution in [0.4, 0.5) is 11.5 Å². The highest BCUT2D eigenvalue weighted by Crippen LogP contribution is 2.41. The third-order valence-electron chi connectivity index (χ3n) is 7.59. The molecule has 2 aliphatic heterocycles. The second-order valence-electron chi connectivity index (χ2n) is 9.57. The number of para-hydroxylation sites is 1. The van der Waals surface area contributed by atoms with Gasteiger partial charge in [0.2, 0.25) is 5.91 Å². The first-order valence-corrected chi connectivity index (χ1v) is 12.6. The maximum atomic E-state index is 12.1. The number of likely N-dealkylation sites (N-methyl/N-ethyl adjacent to an activating group) is 1. The minimum Gasteiger partial charge on any atom is -0.507 e. The van der Waals surface area contributed by atoms with Gasteiger partial charge in [-0.05, 0) is 62.7 Å². The van der Waals surface area contributed by atoms with Gasteiger partial charge in [0.25, 0.3) is 0 Å². The largest absolute Gasteiger partial charge is 0.507 e. The van der Waals surface area contributed by atoms with Gasteiger partial charge < -0.3 is 14.9 Å². The van der Waals surface area contributed by atoms with E-state index in [1.165, 1.54) is 0 Å². The Labute approximate surface area is 211 Å². The average Bonchev–Trinajstić information content (AvgIpc) is 3.28. The number of piperazine rings is 1. The molecule has 7 heteroatoms. The molecule has 1 aromatic heterocycles. The van der Waals surface area contributed by atoms with Crippen molar-refractivity contribution in [2.75, 3.05) is 36.5 Å². The van der Waals surface area contributed by atoms with Crippen molar-refractivity contribution in [2.45, 2.75) is 38.8 Å². The van der Waals surface area contributed by atoms with Gasteiger partial charge in [-0.25, -0.2) is 4.98 Å². The molecule has 1 amide bonds. The molecule has 0 radical (unpaired) electrons. The fourth-order valence-corrected chi connectivity index (χ4v) is 5.46. The molecule has 0 bridgehead atoms. The van der Waals surface area contributed by atoms with Gasteiger partial charge in [0.15, 0.2) is 0 Å². The molecule has 2 fully saturated rings. The second kappa shape index (κ2) is 9.51. The van der Waals surface area contributed by atoms with Gasteiger partial charge in [0, 0.05) is 55.5 Å². The van der Waals surface area contributed by atoms with Crippen molar-refractivity contribution < 1.29 is 9.90 Å². The number of phenolic OH excluding ortho intramolecular Hbond substituents is 1. The Hall–Kier alpha value is -3.09. The van der Waals surface area contributed by atoms with Crippen molar-refractivity contribution in [1.29, 1.82) is 0 Å². The van der Waals surface area contributed by atoms with Crippen molar-refractivity contribution >= 4 is 29.0 Å². The van der Waals surface area contributed by atoms with E-state index >= 15 is 0 Å². The number of nitrogens with zero attached hydrogens (tertiary/aromatic N) is 4. The number of rotatable bonds is 4. The van der Waals surface area contributed by atoms with Crippen molar-refractivity contribution in [1.82, 2.24) is 9.88 Å². The molecular weight excluding hydrogens is 460 g/mol. The predicted molar refractivity (Wildman–Crippen MR) is 142 cm³/mol. The summed E-state index contributed by atoms with van der Waals surface area (Å²) in [5.41, 5.74) is 3.89. The van der Waals surface area contributed by atoms with Crippen LogP contribution in [-0.2, 0) is 4.79 Å². The van der Waals surface area contributed by atoms with Crippen LogP contribution in [-0.4, -0.2) is 59.7 Å². The van der Waals surface area contributed by atoms with Crippen LogP contribution in [0.5, 0.6) is 5.75 Å². The number of phenols is 1. The number of aromatic nitrogens is 1. The SMILES string of the molecule is CC1[C@@H](C)N(C)CCN1c1cc(-c2cccc(-c3ccc(N4CCCC4=O)c(Cl)c3)c2O)ccn1. The van der Waals surface area contributed by atoms with Gasteiger partial charge in [-0.1, -0.05) is 35.9 Å². The molecule has 1 N–H and O–H groups in total. The van der Waals surface area contributed by atoms with E-state index in [4.69, 9.17) is 11.6 Å². The zero-order valence-corrected chi connectivity index (χ0v) is 21.2. The van der Waals surface area contributed by atoms with Gasteiger partial charge in [0.05, 0.1) is 10.7 Å². The minimum atomic E-state index is 0.0991. The summed E-state index contributed by atoms with van der Waals surface area (Å²) in [6.45, 7) is 7.06. The van der Waals surface area contributed by atoms with E-state index < -0.39 is 0 Å². The molecule has 182 valence electrons. The van der Waals surface area contributed by atoms with Gasteiger partial charge in [-0.3, -0.25) is 9.69 Å². The van der Waals surface area contributed by atoms with Gasteiger partial charge >= 0.3 is 0 Å². The van der Waals surface area contributed by atoms with E-state index in [9.17, 15) is 9.90 Å². The summed E-state index contributed by atoms with van der Waals surface area (Å²) in [7, 11) is 2.16. The molecule has 2 aliphatic rings. The summed E-state index contributed by atoms with van der Waals surface area (Å²) in [5, 5.41) is 11.8. The second-order valence-corrected chi connectivity index (χ2v) is 9.98. The maximum Gasteiger partial charge on any atom is 0.227 e. The summed E-state index contributed by atoms with van der Waals surface area (Å²) in [6, 6.07) is 16.1. The standard InChI is InChI=1S/C28H31ClN4O2/c1-18-19(2)32(15-14-31(18)3)26-17-21(11-12-30-26)23-7-4-6-22(28(23)35)20-9-10-25(24(29)16-20)33-13-5-8-27(33)34/h4,6-7,9-12,16-19,35H,5,8,13-15H2,1-3H3/t18-,19?/m1/s1. The molecule has 0 spiro atoms. The molecule has 2 saturated heterocycles. The molecule has 35 heavy (non-hydrogen) atoms. The van der Waals surface area contributed by atoms with Crippen LogP contribution in [0.1, 0.15) is 26.7 Å². The Morgan fingerprint density at radius 1 is 0.971 bits per heavy atom. The van der Waals surface area contributed by atoms with E-state index in [1.807, 2.05) is 48.7 Å². The zero-order valence-electron chi connectivity index (χ0n) is 20.4. The van der Waals surface area contributed by atoms with Crippen LogP contribution < -0.4 is 9.80 Å². The quantitative estimate of drug-likeness (QED) is 0.528. The van der Waals surface area contributed by atoms with Crippen molar-refractivity contribution in [2.24, 2.45) is 0 Å². The molecule has 5 rings (SSSR count). The van der Waals surface area contributed by atoms with E-state index in [-0.39, 0.29) is 11.7 Å². The number of anilines is 2. The number of carbonyl (C=O) groups is 1. The lowest BCUT2D eigenvalue weighted by atomic mass is 9.97. The fourth-order valence-electron chi connectivity index (χ4n) is 5.17. The van der Waals surface area contributed by atoms with Crippen LogP contribution in [0.25, 0.3) is 22.3 Å². The lowest BCUT2D eigenvalue weighted by Crippen LogP contribution is -2.56. The zero-order chi connectivity index (χ0) is 24.7. The molecular formula is C28H31ClN4O2. The molecule has 2 atom stereocenters. The first kappa shape index (κ1) is 23.6. The number of benzene rings is 2. The Morgan fingerprint density at radius 3 is 2.40 bits per heavy atom. The molecule has 0 saturated carbocycles. The number of aromatic hydroxyl groups is 1. The number of hydrogen-bond donors (Lipinski definition) is 1. The molecule has 0 aliphatic carbocycles. The first-order chi connectivity index (χ1) is 16.8. The van der Waals surface area contributed by atoms with Crippen molar-refractivity contribution in [3.8, 4) is 28.0 Å². The van der Waals surface area contributed by atoms with E-state index in [0.29, 0.717) is 35.6 Å². The first-order valence-electron chi connectivity index (χ1n) is 12.2. The summed E-state index contributed by atoms with van der Waals surface area (Å²) in [6.07, 6.45) is 3.21. The summed E-state index contributed by atoms with van der Waals surface area (Å²) in [5.74, 6) is 1.22. The average molecular weight is 491 g/mol. The van der Waals surface area contributed by atoms with Crippen LogP contribution in [0.15, 0.2) is 54.7 Å². The van der Waals surface area contributed by atoms with Gasteiger partial charge in [0.1, 0.15) is 11.6 Å². The monoisotopic (exact) mass is 490 g/mol. The lowest BCUT2D eigenvalue weighted by molar-refractivity contribution is -0.117. The van der Waals surface area contributed by atoms with Gasteiger partial charge in [-0.15, -0.1) is 0 Å². The van der Waals surface area contributed by atoms with Crippen LogP contribution in [0.3, 0.4) is 0 Å². The Morgan fingerprint density at radius 2 is 1.71 bits per heavy atom. The minimum absolute atomic E-state index is 0.0991. The lowest BCUT2D eigenvalue weighted by Gasteiger charge is -2.44. The molecule has 1 unspecified atom stereocenters. The summed E-state index contributed by atoms with van der Waals surface area (Å²) < 4.78 is 0. The number of pyridine rings is 1. The number of amides is 1. The van der Waals surface area contributed by atoms with E-state index in [0.717, 1.165) is 47.7 Å². The number of halogens is 1. The molecule has 6 nitrogen and oxygen atoms in total. The Bertz CT molecular complexity index is 1260. The normalized spacial score (nSPS) is 21.1. The Kier molecular flexibility index (Phi) is 6.43. The highest BCUT2D eigenvalue weighted by Gasteiger charge is 2.29. The fraction of sp³-hybridized carbons (Fsp3) is 0.357. The van der Waals surface area contributed by atoms with Crippen molar-refractivity contribution in [3.05, 3.63) is 59.8 Å². The molecule has 2 aromatic carbocycles. The van der Waals surface area contributed by atoms with Crippen molar-refractivity contribution in [3.63, 3.8) is 0 Å². The predicted octanol–water partition coefficient (Wildman–Crippen LogP) is 5.43. The summed E-state index contributed by atoms with van der Waals surface area (Å²) in [4.78, 5) is 23.2.